The molecule has 1 fully saturated rings. The highest BCUT2D eigenvalue weighted by Crippen LogP contribution is 2.35. The molecule has 4 aromatic rings. The zero-order chi connectivity index (χ0) is 22.8. The van der Waals surface area contributed by atoms with E-state index >= 15 is 0 Å². The van der Waals surface area contributed by atoms with Crippen molar-refractivity contribution in [3.63, 3.8) is 0 Å². The molecule has 4 heterocycles. The van der Waals surface area contributed by atoms with Gasteiger partial charge >= 0.3 is 5.97 Å². The maximum Gasteiger partial charge on any atom is 0.354 e. The van der Waals surface area contributed by atoms with Crippen molar-refractivity contribution in [3.8, 4) is 17.0 Å². The molecule has 0 bridgehead atoms. The zero-order valence-electron chi connectivity index (χ0n) is 18.1. The number of carboxylic acids is 1. The number of benzene rings is 1. The molecule has 3 aromatic heterocycles. The van der Waals surface area contributed by atoms with Gasteiger partial charge in [0.05, 0.1) is 36.3 Å². The van der Waals surface area contributed by atoms with Crippen LogP contribution in [0.5, 0.6) is 5.75 Å². The summed E-state index contributed by atoms with van der Waals surface area (Å²) in [5, 5.41) is 25.3. The van der Waals surface area contributed by atoms with Gasteiger partial charge in [-0.05, 0) is 36.6 Å². The number of rotatable bonds is 7. The van der Waals surface area contributed by atoms with E-state index in [1.807, 2.05) is 35.0 Å². The summed E-state index contributed by atoms with van der Waals surface area (Å²) in [5.74, 6) is 0.359. The van der Waals surface area contributed by atoms with E-state index in [1.165, 1.54) is 6.20 Å². The lowest BCUT2D eigenvalue weighted by Gasteiger charge is -2.24. The summed E-state index contributed by atoms with van der Waals surface area (Å²) in [7, 11) is 1.63. The van der Waals surface area contributed by atoms with E-state index in [2.05, 4.69) is 20.5 Å². The number of carbonyl (C=O) groups is 1. The highest BCUT2D eigenvalue weighted by Gasteiger charge is 2.24. The van der Waals surface area contributed by atoms with Crippen molar-refractivity contribution in [1.82, 2.24) is 25.0 Å². The predicted molar refractivity (Wildman–Crippen MR) is 122 cm³/mol. The van der Waals surface area contributed by atoms with Crippen LogP contribution in [-0.2, 0) is 11.3 Å². The van der Waals surface area contributed by atoms with Crippen LogP contribution in [0.15, 0.2) is 42.7 Å². The van der Waals surface area contributed by atoms with Crippen molar-refractivity contribution in [1.29, 1.82) is 0 Å². The number of carboxylic acid groups (broad SMARTS) is 1. The van der Waals surface area contributed by atoms with Gasteiger partial charge in [0.2, 0.25) is 0 Å². The number of hydrogen-bond donors (Lipinski definition) is 3. The van der Waals surface area contributed by atoms with Crippen molar-refractivity contribution < 1.29 is 19.4 Å². The minimum absolute atomic E-state index is 0.00753. The van der Waals surface area contributed by atoms with Gasteiger partial charge in [-0.15, -0.1) is 0 Å². The Bertz CT molecular complexity index is 1270. The van der Waals surface area contributed by atoms with E-state index in [0.717, 1.165) is 35.1 Å². The number of fused-ring (bicyclic) bond motifs is 1. The van der Waals surface area contributed by atoms with Gasteiger partial charge in [-0.2, -0.15) is 10.2 Å². The molecule has 1 aromatic carbocycles. The second kappa shape index (κ2) is 8.91. The van der Waals surface area contributed by atoms with Crippen LogP contribution in [0.3, 0.4) is 0 Å². The second-order valence-corrected chi connectivity index (χ2v) is 7.90. The van der Waals surface area contributed by atoms with Gasteiger partial charge in [0.1, 0.15) is 17.3 Å². The van der Waals surface area contributed by atoms with Crippen LogP contribution in [0.2, 0.25) is 0 Å². The lowest BCUT2D eigenvalue weighted by Crippen LogP contribution is -2.28. The number of aromatic carboxylic acids is 1. The molecule has 0 aliphatic carbocycles. The number of pyridine rings is 1. The standard InChI is InChI=1S/C23H24N6O4/c1-32-16-4-2-14(3-5-16)13-29-18-6-9-24-22(26-15-7-10-33-11-8-15)19(18)20(28-29)17-12-25-27-21(17)23(30)31/h2-6,9,12,15H,7-8,10-11,13H2,1H3,(H,24,26)(H,25,27)(H,30,31). The van der Waals surface area contributed by atoms with Gasteiger partial charge in [-0.25, -0.2) is 9.78 Å². The molecular weight excluding hydrogens is 424 g/mol. The van der Waals surface area contributed by atoms with Crippen molar-refractivity contribution in [2.45, 2.75) is 25.4 Å². The monoisotopic (exact) mass is 448 g/mol. The average Bonchev–Trinajstić information content (AvgIpc) is 3.46. The average molecular weight is 448 g/mol. The van der Waals surface area contributed by atoms with Crippen molar-refractivity contribution >= 4 is 22.7 Å². The summed E-state index contributed by atoms with van der Waals surface area (Å²) in [6, 6.07) is 9.88. The number of aromatic amines is 1. The van der Waals surface area contributed by atoms with E-state index in [9.17, 15) is 9.90 Å². The van der Waals surface area contributed by atoms with Gasteiger partial charge in [0, 0.05) is 25.5 Å². The Hall–Kier alpha value is -3.92. The van der Waals surface area contributed by atoms with E-state index in [4.69, 9.17) is 14.6 Å². The van der Waals surface area contributed by atoms with Crippen molar-refractivity contribution in [3.05, 3.63) is 54.0 Å². The van der Waals surface area contributed by atoms with Gasteiger partial charge in [-0.1, -0.05) is 12.1 Å². The fourth-order valence-electron chi connectivity index (χ4n) is 4.11. The zero-order valence-corrected chi connectivity index (χ0v) is 18.1. The minimum atomic E-state index is -1.09. The quantitative estimate of drug-likeness (QED) is 0.393. The molecule has 0 saturated carbocycles. The number of nitrogens with zero attached hydrogens (tertiary/aromatic N) is 4. The molecule has 1 aliphatic rings. The third-order valence-corrected chi connectivity index (χ3v) is 5.83. The largest absolute Gasteiger partial charge is 0.497 e. The van der Waals surface area contributed by atoms with Crippen molar-refractivity contribution in [2.24, 2.45) is 0 Å². The predicted octanol–water partition coefficient (Wildman–Crippen LogP) is 3.17. The van der Waals surface area contributed by atoms with Crippen LogP contribution < -0.4 is 10.1 Å². The third kappa shape index (κ3) is 4.12. The molecule has 3 N–H and O–H groups in total. The normalized spacial score (nSPS) is 14.5. The molecule has 170 valence electrons. The second-order valence-electron chi connectivity index (χ2n) is 7.90. The molecule has 5 rings (SSSR count). The Balaban J connectivity index is 1.62. The molecule has 0 spiro atoms. The number of aromatic nitrogens is 5. The highest BCUT2D eigenvalue weighted by molar-refractivity contribution is 6.04. The first-order valence-corrected chi connectivity index (χ1v) is 10.7. The van der Waals surface area contributed by atoms with E-state index < -0.39 is 5.97 Å². The van der Waals surface area contributed by atoms with Crippen LogP contribution in [-0.4, -0.2) is 62.4 Å². The Morgan fingerprint density at radius 1 is 1.27 bits per heavy atom. The highest BCUT2D eigenvalue weighted by atomic mass is 16.5. The Morgan fingerprint density at radius 2 is 2.06 bits per heavy atom. The summed E-state index contributed by atoms with van der Waals surface area (Å²) >= 11 is 0. The lowest BCUT2D eigenvalue weighted by molar-refractivity contribution is 0.0691. The molecule has 0 unspecified atom stereocenters. The maximum atomic E-state index is 11.8. The number of anilines is 1. The molecule has 33 heavy (non-hydrogen) atoms. The topological polar surface area (TPSA) is 127 Å². The van der Waals surface area contributed by atoms with Gasteiger partial charge in [0.15, 0.2) is 5.69 Å². The molecule has 0 atom stereocenters. The van der Waals surface area contributed by atoms with Crippen LogP contribution in [0, 0.1) is 0 Å². The van der Waals surface area contributed by atoms with Crippen LogP contribution in [0.4, 0.5) is 5.82 Å². The summed E-state index contributed by atoms with van der Waals surface area (Å²) < 4.78 is 12.6. The molecule has 1 aliphatic heterocycles. The molecular formula is C23H24N6O4. The Morgan fingerprint density at radius 3 is 2.79 bits per heavy atom. The molecule has 0 radical (unpaired) electrons. The van der Waals surface area contributed by atoms with Crippen molar-refractivity contribution in [2.75, 3.05) is 25.6 Å². The number of nitrogens with one attached hydrogen (secondary N) is 2. The van der Waals surface area contributed by atoms with E-state index in [-0.39, 0.29) is 11.7 Å². The van der Waals surface area contributed by atoms with Crippen LogP contribution >= 0.6 is 0 Å². The number of methoxy groups -OCH3 is 1. The first-order valence-electron chi connectivity index (χ1n) is 10.7. The van der Waals surface area contributed by atoms with Gasteiger partial charge in [-0.3, -0.25) is 9.78 Å². The summed E-state index contributed by atoms with van der Waals surface area (Å²) in [6.45, 7) is 1.89. The van der Waals surface area contributed by atoms with E-state index in [1.54, 1.807) is 13.3 Å². The summed E-state index contributed by atoms with van der Waals surface area (Å²) in [6.07, 6.45) is 4.99. The number of ether oxygens (including phenoxy) is 2. The molecule has 10 heteroatoms. The van der Waals surface area contributed by atoms with Crippen LogP contribution in [0.25, 0.3) is 22.2 Å². The Labute approximate surface area is 189 Å². The summed E-state index contributed by atoms with van der Waals surface area (Å²) in [5.41, 5.74) is 2.82. The lowest BCUT2D eigenvalue weighted by atomic mass is 10.1. The first kappa shape index (κ1) is 21.0. The first-order chi connectivity index (χ1) is 16.1. The van der Waals surface area contributed by atoms with Crippen LogP contribution in [0.1, 0.15) is 28.9 Å². The molecule has 0 amide bonds. The smallest absolute Gasteiger partial charge is 0.354 e. The molecule has 1 saturated heterocycles. The van der Waals surface area contributed by atoms with E-state index in [0.29, 0.717) is 36.8 Å². The summed E-state index contributed by atoms with van der Waals surface area (Å²) in [4.78, 5) is 16.4. The number of H-pyrrole nitrogens is 1. The minimum Gasteiger partial charge on any atom is -0.497 e. The maximum absolute atomic E-state index is 11.8. The molecule has 10 nitrogen and oxygen atoms in total. The fourth-order valence-corrected chi connectivity index (χ4v) is 4.11. The van der Waals surface area contributed by atoms with Gasteiger partial charge in [0.25, 0.3) is 0 Å². The number of hydrogen-bond acceptors (Lipinski definition) is 7. The third-order valence-electron chi connectivity index (χ3n) is 5.83. The SMILES string of the molecule is COc1ccc(Cn2nc(-c3cn[nH]c3C(=O)O)c3c(NC4CCOCC4)nccc32)cc1. The van der Waals surface area contributed by atoms with Gasteiger partial charge < -0.3 is 19.9 Å². The fraction of sp³-hybridized carbons (Fsp3) is 0.304. The Kier molecular flexibility index (Phi) is 5.66.